The van der Waals surface area contributed by atoms with E-state index in [-0.39, 0.29) is 11.3 Å². The Morgan fingerprint density at radius 2 is 2.10 bits per heavy atom. The minimum Gasteiger partial charge on any atom is -0.374 e. The molecule has 0 aromatic carbocycles. The predicted octanol–water partition coefficient (Wildman–Crippen LogP) is 2.82. The third-order valence-corrected chi connectivity index (χ3v) is 3.01. The van der Waals surface area contributed by atoms with Gasteiger partial charge in [-0.25, -0.2) is 0 Å². The Hall–Kier alpha value is -2.16. The third kappa shape index (κ3) is 4.15. The van der Waals surface area contributed by atoms with Gasteiger partial charge in [0.1, 0.15) is 0 Å². The SMILES string of the molecule is C=CC(=NC(=C)C)c1ccncc1OS(=O)(=O)C(F)(F)F. The molecule has 0 N–H and O–H groups in total. The predicted molar refractivity (Wildman–Crippen MR) is 71.4 cm³/mol. The molecule has 1 aromatic heterocycles. The van der Waals surface area contributed by atoms with Gasteiger partial charge in [0, 0.05) is 17.5 Å². The number of hydrogen-bond acceptors (Lipinski definition) is 5. The van der Waals surface area contributed by atoms with Crippen molar-refractivity contribution < 1.29 is 25.8 Å². The molecule has 0 spiro atoms. The zero-order valence-corrected chi connectivity index (χ0v) is 11.7. The second-order valence-corrected chi connectivity index (χ2v) is 5.33. The molecule has 114 valence electrons. The van der Waals surface area contributed by atoms with Gasteiger partial charge in [0.25, 0.3) is 0 Å². The molecular formula is C12H11F3N2O3S. The lowest BCUT2D eigenvalue weighted by molar-refractivity contribution is -0.0500. The van der Waals surface area contributed by atoms with Gasteiger partial charge >= 0.3 is 15.6 Å². The van der Waals surface area contributed by atoms with Crippen LogP contribution in [0, 0.1) is 0 Å². The van der Waals surface area contributed by atoms with E-state index >= 15 is 0 Å². The molecular weight excluding hydrogens is 309 g/mol. The van der Waals surface area contributed by atoms with Crippen LogP contribution in [0.4, 0.5) is 13.2 Å². The molecule has 0 unspecified atom stereocenters. The van der Waals surface area contributed by atoms with Crippen LogP contribution in [-0.4, -0.2) is 24.6 Å². The zero-order valence-electron chi connectivity index (χ0n) is 10.9. The summed E-state index contributed by atoms with van der Waals surface area (Å²) in [5.41, 5.74) is -5.08. The van der Waals surface area contributed by atoms with Crippen molar-refractivity contribution in [2.24, 2.45) is 4.99 Å². The van der Waals surface area contributed by atoms with E-state index in [4.69, 9.17) is 0 Å². The summed E-state index contributed by atoms with van der Waals surface area (Å²) in [4.78, 5) is 7.48. The molecule has 0 aliphatic heterocycles. The van der Waals surface area contributed by atoms with Gasteiger partial charge in [-0.2, -0.15) is 21.6 Å². The summed E-state index contributed by atoms with van der Waals surface area (Å²) in [7, 11) is -5.80. The molecule has 0 radical (unpaired) electrons. The van der Waals surface area contributed by atoms with Gasteiger partial charge in [-0.05, 0) is 19.1 Å². The number of pyridine rings is 1. The molecule has 5 nitrogen and oxygen atoms in total. The van der Waals surface area contributed by atoms with Crippen molar-refractivity contribution in [3.8, 4) is 5.75 Å². The fraction of sp³-hybridized carbons (Fsp3) is 0.167. The van der Waals surface area contributed by atoms with Gasteiger partial charge in [-0.1, -0.05) is 13.2 Å². The lowest BCUT2D eigenvalue weighted by Crippen LogP contribution is -2.28. The largest absolute Gasteiger partial charge is 0.534 e. The van der Waals surface area contributed by atoms with Crippen LogP contribution in [0.3, 0.4) is 0 Å². The summed E-state index contributed by atoms with van der Waals surface area (Å²) >= 11 is 0. The first kappa shape index (κ1) is 16.9. The van der Waals surface area contributed by atoms with Gasteiger partial charge in [0.05, 0.1) is 11.9 Å². The van der Waals surface area contributed by atoms with Crippen LogP contribution in [-0.2, 0) is 10.1 Å². The highest BCUT2D eigenvalue weighted by molar-refractivity contribution is 7.88. The molecule has 9 heteroatoms. The summed E-state index contributed by atoms with van der Waals surface area (Å²) in [5, 5.41) is 0. The average molecular weight is 320 g/mol. The normalized spacial score (nSPS) is 12.9. The van der Waals surface area contributed by atoms with Crippen molar-refractivity contribution in [1.82, 2.24) is 4.98 Å². The number of hydrogen-bond donors (Lipinski definition) is 0. The van der Waals surface area contributed by atoms with Crippen molar-refractivity contribution in [3.63, 3.8) is 0 Å². The zero-order chi connectivity index (χ0) is 16.3. The number of nitrogens with zero attached hydrogens (tertiary/aromatic N) is 2. The van der Waals surface area contributed by atoms with Gasteiger partial charge in [0.2, 0.25) is 0 Å². The number of aromatic nitrogens is 1. The molecule has 21 heavy (non-hydrogen) atoms. The minimum atomic E-state index is -5.80. The summed E-state index contributed by atoms with van der Waals surface area (Å²) < 4.78 is 63.2. The van der Waals surface area contributed by atoms with Crippen LogP contribution < -0.4 is 4.18 Å². The van der Waals surface area contributed by atoms with Gasteiger partial charge in [-0.3, -0.25) is 9.98 Å². The molecule has 1 heterocycles. The van der Waals surface area contributed by atoms with Gasteiger partial charge in [-0.15, -0.1) is 0 Å². The third-order valence-electron chi connectivity index (χ3n) is 2.05. The number of allylic oxidation sites excluding steroid dienone is 2. The Morgan fingerprint density at radius 1 is 1.48 bits per heavy atom. The number of alkyl halides is 3. The van der Waals surface area contributed by atoms with Crippen LogP contribution in [0.5, 0.6) is 5.75 Å². The minimum absolute atomic E-state index is 0.00387. The smallest absolute Gasteiger partial charge is 0.374 e. The molecule has 1 rings (SSSR count). The fourth-order valence-corrected chi connectivity index (χ4v) is 1.71. The van der Waals surface area contributed by atoms with E-state index in [0.717, 1.165) is 6.20 Å². The van der Waals surface area contributed by atoms with E-state index in [9.17, 15) is 21.6 Å². The first-order valence-corrected chi connectivity index (χ1v) is 6.81. The summed E-state index contributed by atoms with van der Waals surface area (Å²) in [6.45, 7) is 8.53. The number of aliphatic imine (C=N–C) groups is 1. The van der Waals surface area contributed by atoms with E-state index in [2.05, 4.69) is 27.3 Å². The molecule has 1 aromatic rings. The quantitative estimate of drug-likeness (QED) is 0.475. The van der Waals surface area contributed by atoms with Crippen LogP contribution in [0.2, 0.25) is 0 Å². The van der Waals surface area contributed by atoms with Gasteiger partial charge in [0.15, 0.2) is 5.75 Å². The number of rotatable bonds is 5. The molecule has 0 saturated carbocycles. The highest BCUT2D eigenvalue weighted by Gasteiger charge is 2.48. The van der Waals surface area contributed by atoms with Crippen LogP contribution >= 0.6 is 0 Å². The molecule has 0 bridgehead atoms. The average Bonchev–Trinajstić information content (AvgIpc) is 2.34. The number of halogens is 3. The summed E-state index contributed by atoms with van der Waals surface area (Å²) in [6, 6.07) is 1.25. The van der Waals surface area contributed by atoms with Crippen molar-refractivity contribution in [2.75, 3.05) is 0 Å². The molecule has 0 atom stereocenters. The van der Waals surface area contributed by atoms with Crippen molar-refractivity contribution in [3.05, 3.63) is 49.0 Å². The second kappa shape index (κ2) is 6.08. The monoisotopic (exact) mass is 320 g/mol. The van der Waals surface area contributed by atoms with E-state index in [1.807, 2.05) is 0 Å². The van der Waals surface area contributed by atoms with Crippen molar-refractivity contribution >= 4 is 15.8 Å². The van der Waals surface area contributed by atoms with Crippen LogP contribution in [0.25, 0.3) is 0 Å². The first-order chi connectivity index (χ1) is 9.58. The molecule has 0 amide bonds. The fourth-order valence-electron chi connectivity index (χ4n) is 1.24. The molecule has 0 saturated heterocycles. The van der Waals surface area contributed by atoms with E-state index in [0.29, 0.717) is 5.70 Å². The maximum absolute atomic E-state index is 12.3. The Balaban J connectivity index is 3.35. The van der Waals surface area contributed by atoms with Crippen molar-refractivity contribution in [1.29, 1.82) is 0 Å². The molecule has 0 aliphatic carbocycles. The summed E-state index contributed by atoms with van der Waals surface area (Å²) in [5.74, 6) is -0.602. The Kier molecular flexibility index (Phi) is 4.89. The van der Waals surface area contributed by atoms with Crippen LogP contribution in [0.1, 0.15) is 12.5 Å². The van der Waals surface area contributed by atoms with Crippen LogP contribution in [0.15, 0.2) is 48.4 Å². The Morgan fingerprint density at radius 3 is 2.57 bits per heavy atom. The van der Waals surface area contributed by atoms with E-state index < -0.39 is 21.4 Å². The van der Waals surface area contributed by atoms with Crippen molar-refractivity contribution in [2.45, 2.75) is 12.4 Å². The summed E-state index contributed by atoms with van der Waals surface area (Å²) in [6.07, 6.45) is 3.33. The lowest BCUT2D eigenvalue weighted by Gasteiger charge is -2.12. The van der Waals surface area contributed by atoms with E-state index in [1.54, 1.807) is 6.92 Å². The Bertz CT molecular complexity index is 694. The highest BCUT2D eigenvalue weighted by Crippen LogP contribution is 2.29. The maximum Gasteiger partial charge on any atom is 0.534 e. The Labute approximate surface area is 119 Å². The van der Waals surface area contributed by atoms with E-state index in [1.165, 1.54) is 18.3 Å². The lowest BCUT2D eigenvalue weighted by atomic mass is 10.1. The van der Waals surface area contributed by atoms with Gasteiger partial charge < -0.3 is 4.18 Å². The standard InChI is InChI=1S/C12H11F3N2O3S/c1-4-10(17-8(2)3)9-5-6-16-7-11(9)20-21(18,19)12(13,14)15/h4-7H,1-2H2,3H3. The first-order valence-electron chi connectivity index (χ1n) is 5.40. The topological polar surface area (TPSA) is 68.6 Å². The molecule has 0 aliphatic rings. The molecule has 0 fully saturated rings. The maximum atomic E-state index is 12.3. The second-order valence-electron chi connectivity index (χ2n) is 3.79. The highest BCUT2D eigenvalue weighted by atomic mass is 32.2.